The van der Waals surface area contributed by atoms with Gasteiger partial charge in [0.05, 0.1) is 0 Å². The van der Waals surface area contributed by atoms with Crippen LogP contribution in [0.2, 0.25) is 10.1 Å². The minimum atomic E-state index is 0. The molecule has 0 aromatic heterocycles. The summed E-state index contributed by atoms with van der Waals surface area (Å²) in [5.41, 5.74) is 0. The first-order valence-electron chi connectivity index (χ1n) is 4.27. The topological polar surface area (TPSA) is 0 Å². The van der Waals surface area contributed by atoms with Crippen LogP contribution in [0.3, 0.4) is 0 Å². The van der Waals surface area contributed by atoms with Crippen LogP contribution in [-0.2, 0) is 0 Å². The highest BCUT2D eigenvalue weighted by Gasteiger charge is 2.12. The molecule has 0 aliphatic heterocycles. The van der Waals surface area contributed by atoms with Gasteiger partial charge in [0.1, 0.15) is 0 Å². The second-order valence-electron chi connectivity index (χ2n) is 3.04. The molecule has 0 unspecified atom stereocenters. The molecule has 0 amide bonds. The Bertz CT molecular complexity index is 66.9. The predicted molar refractivity (Wildman–Crippen MR) is 45.2 cm³/mol. The highest BCUT2D eigenvalue weighted by atomic mass is 27.1. The monoisotopic (exact) mass is 141 g/mol. The summed E-state index contributed by atoms with van der Waals surface area (Å²) < 4.78 is 1.18. The SMILES string of the molecule is C[CH2][Al][CH]1CCCCC1.[HH]. The van der Waals surface area contributed by atoms with Crippen LogP contribution in [0.5, 0.6) is 0 Å². The van der Waals surface area contributed by atoms with E-state index >= 15 is 0 Å². The lowest BCUT2D eigenvalue weighted by molar-refractivity contribution is 0.500. The zero-order valence-electron chi connectivity index (χ0n) is 6.40. The number of rotatable bonds is 2. The quantitative estimate of drug-likeness (QED) is 0.518. The highest BCUT2D eigenvalue weighted by molar-refractivity contribution is 6.37. The summed E-state index contributed by atoms with van der Waals surface area (Å²) >= 11 is 0.820. The first-order chi connectivity index (χ1) is 4.43. The lowest BCUT2D eigenvalue weighted by Crippen LogP contribution is -2.06. The fraction of sp³-hybridized carbons (Fsp3) is 1.00. The van der Waals surface area contributed by atoms with E-state index in [4.69, 9.17) is 0 Å². The van der Waals surface area contributed by atoms with Crippen LogP contribution in [-0.4, -0.2) is 15.2 Å². The van der Waals surface area contributed by atoms with Gasteiger partial charge in [-0.3, -0.25) is 0 Å². The molecule has 1 aliphatic rings. The molecule has 1 heteroatoms. The van der Waals surface area contributed by atoms with E-state index in [1.54, 1.807) is 12.8 Å². The molecule has 1 saturated carbocycles. The van der Waals surface area contributed by atoms with Crippen molar-refractivity contribution >= 4 is 15.2 Å². The van der Waals surface area contributed by atoms with Crippen LogP contribution in [0.25, 0.3) is 0 Å². The van der Waals surface area contributed by atoms with E-state index in [2.05, 4.69) is 6.92 Å². The minimum absolute atomic E-state index is 0. The maximum atomic E-state index is 2.34. The molecule has 0 N–H and O–H groups in total. The van der Waals surface area contributed by atoms with Gasteiger partial charge in [-0.15, -0.1) is 5.28 Å². The smallest absolute Gasteiger partial charge is 0.106 e. The van der Waals surface area contributed by atoms with Crippen LogP contribution in [0.4, 0.5) is 0 Å². The first kappa shape index (κ1) is 7.64. The van der Waals surface area contributed by atoms with E-state index in [9.17, 15) is 0 Å². The Kier molecular flexibility index (Phi) is 3.70. The summed E-state index contributed by atoms with van der Waals surface area (Å²) in [6.45, 7) is 2.34. The zero-order chi connectivity index (χ0) is 6.53. The predicted octanol–water partition coefficient (Wildman–Crippen LogP) is 3.13. The fourth-order valence-corrected chi connectivity index (χ4v) is 3.31. The van der Waals surface area contributed by atoms with Gasteiger partial charge in [0.15, 0.2) is 0 Å². The molecule has 0 aromatic carbocycles. The van der Waals surface area contributed by atoms with Crippen LogP contribution < -0.4 is 0 Å². The molecular weight excluding hydrogens is 123 g/mol. The Morgan fingerprint density at radius 2 is 2.00 bits per heavy atom. The molecule has 1 aliphatic carbocycles. The van der Waals surface area contributed by atoms with Gasteiger partial charge in [-0.25, -0.2) is 0 Å². The van der Waals surface area contributed by atoms with Crippen molar-refractivity contribution in [3.8, 4) is 0 Å². The third-order valence-corrected chi connectivity index (χ3v) is 4.02. The van der Waals surface area contributed by atoms with Crippen LogP contribution >= 0.6 is 0 Å². The Labute approximate surface area is 66.2 Å². The maximum absolute atomic E-state index is 2.34. The number of hydrogen-bond donors (Lipinski definition) is 0. The minimum Gasteiger partial charge on any atom is -0.106 e. The second-order valence-corrected chi connectivity index (χ2v) is 5.27. The van der Waals surface area contributed by atoms with Crippen molar-refractivity contribution in [1.82, 2.24) is 0 Å². The summed E-state index contributed by atoms with van der Waals surface area (Å²) in [6, 6.07) is 0. The summed E-state index contributed by atoms with van der Waals surface area (Å²) in [5, 5.41) is 1.48. The third-order valence-electron chi connectivity index (χ3n) is 2.22. The highest BCUT2D eigenvalue weighted by Crippen LogP contribution is 2.27. The van der Waals surface area contributed by atoms with Crippen molar-refractivity contribution in [3.05, 3.63) is 0 Å². The molecule has 53 valence electrons. The Hall–Kier alpha value is 0.532. The van der Waals surface area contributed by atoms with Crippen molar-refractivity contribution < 1.29 is 1.43 Å². The van der Waals surface area contributed by atoms with Crippen LogP contribution in [0, 0.1) is 0 Å². The van der Waals surface area contributed by atoms with Crippen molar-refractivity contribution in [2.45, 2.75) is 49.1 Å². The van der Waals surface area contributed by atoms with Gasteiger partial charge < -0.3 is 0 Å². The lowest BCUT2D eigenvalue weighted by Gasteiger charge is -2.19. The Balaban J connectivity index is 0.000000810. The largest absolute Gasteiger partial charge is 0.204 e. The lowest BCUT2D eigenvalue weighted by atomic mass is 10.0. The van der Waals surface area contributed by atoms with Gasteiger partial charge in [0.2, 0.25) is 15.2 Å². The molecule has 0 heterocycles. The molecule has 1 fully saturated rings. The van der Waals surface area contributed by atoms with E-state index in [1.807, 2.05) is 0 Å². The molecule has 0 aromatic rings. The average Bonchev–Trinajstić information content (AvgIpc) is 1.91. The molecular formula is C8H18Al. The van der Waals surface area contributed by atoms with Gasteiger partial charge in [-0.1, -0.05) is 43.8 Å². The summed E-state index contributed by atoms with van der Waals surface area (Å²) in [7, 11) is 0. The molecule has 0 bridgehead atoms. The normalized spacial score (nSPS) is 21.9. The van der Waals surface area contributed by atoms with Crippen molar-refractivity contribution in [2.75, 3.05) is 0 Å². The van der Waals surface area contributed by atoms with Crippen LogP contribution in [0.1, 0.15) is 40.5 Å². The molecule has 0 spiro atoms. The molecule has 1 radical (unpaired) electrons. The third kappa shape index (κ3) is 2.74. The van der Waals surface area contributed by atoms with E-state index in [1.165, 1.54) is 29.3 Å². The number of hydrogen-bond acceptors (Lipinski definition) is 0. The Morgan fingerprint density at radius 3 is 2.56 bits per heavy atom. The van der Waals surface area contributed by atoms with Gasteiger partial charge in [-0.2, -0.15) is 0 Å². The van der Waals surface area contributed by atoms with Gasteiger partial charge in [0.25, 0.3) is 0 Å². The van der Waals surface area contributed by atoms with Crippen molar-refractivity contribution in [2.24, 2.45) is 0 Å². The van der Waals surface area contributed by atoms with E-state index in [0.29, 0.717) is 0 Å². The van der Waals surface area contributed by atoms with E-state index < -0.39 is 0 Å². The van der Waals surface area contributed by atoms with Gasteiger partial charge in [-0.05, 0) is 0 Å². The Morgan fingerprint density at radius 1 is 1.33 bits per heavy atom. The maximum Gasteiger partial charge on any atom is 0.204 e. The molecule has 0 nitrogen and oxygen atoms in total. The summed E-state index contributed by atoms with van der Waals surface area (Å²) in [4.78, 5) is 0. The molecule has 1 rings (SSSR count). The fourth-order valence-electron chi connectivity index (χ4n) is 1.70. The molecule has 0 atom stereocenters. The van der Waals surface area contributed by atoms with Gasteiger partial charge >= 0.3 is 0 Å². The zero-order valence-corrected chi connectivity index (χ0v) is 7.55. The molecule has 9 heavy (non-hydrogen) atoms. The van der Waals surface area contributed by atoms with E-state index in [-0.39, 0.29) is 1.43 Å². The summed E-state index contributed by atoms with van der Waals surface area (Å²) in [6.07, 6.45) is 7.68. The van der Waals surface area contributed by atoms with Crippen LogP contribution in [0.15, 0.2) is 0 Å². The first-order valence-corrected chi connectivity index (χ1v) is 5.75. The second kappa shape index (κ2) is 4.36. The average molecular weight is 141 g/mol. The standard InChI is InChI=1S/C6H11.C2H5.Al.H2/c1-2-4-6-5-3-1;1-2;;/h1H,2-6H2;1H2,2H3;;1H. The summed E-state index contributed by atoms with van der Waals surface area (Å²) in [5.74, 6) is 0. The van der Waals surface area contributed by atoms with Gasteiger partial charge in [0, 0.05) is 1.43 Å². The van der Waals surface area contributed by atoms with Crippen molar-refractivity contribution in [3.63, 3.8) is 0 Å². The van der Waals surface area contributed by atoms with E-state index in [0.717, 1.165) is 15.2 Å². The molecule has 0 saturated heterocycles. The van der Waals surface area contributed by atoms with Crippen molar-refractivity contribution in [1.29, 1.82) is 0 Å².